The Morgan fingerprint density at radius 1 is 0.892 bits per heavy atom. The molecule has 0 saturated carbocycles. The summed E-state index contributed by atoms with van der Waals surface area (Å²) in [6.45, 7) is 8.08. The van der Waals surface area contributed by atoms with Crippen LogP contribution >= 0.6 is 0 Å². The fraction of sp³-hybridized carbons (Fsp3) is 0.241. The van der Waals surface area contributed by atoms with Gasteiger partial charge in [-0.05, 0) is 66.9 Å². The summed E-state index contributed by atoms with van der Waals surface area (Å²) in [5.41, 5.74) is 5.23. The molecule has 1 aliphatic heterocycles. The van der Waals surface area contributed by atoms with Crippen molar-refractivity contribution in [2.75, 3.05) is 30.9 Å². The van der Waals surface area contributed by atoms with Crippen LogP contribution in [0.5, 0.6) is 0 Å². The molecule has 1 saturated heterocycles. The second kappa shape index (κ2) is 10.3. The topological polar surface area (TPSA) is 82.6 Å². The van der Waals surface area contributed by atoms with Crippen molar-refractivity contribution >= 4 is 32.5 Å². The van der Waals surface area contributed by atoms with Gasteiger partial charge in [-0.2, -0.15) is 0 Å². The zero-order valence-electron chi connectivity index (χ0n) is 21.0. The molecule has 1 aliphatic rings. The molecule has 0 unspecified atom stereocenters. The average molecular weight is 515 g/mol. The third-order valence-corrected chi connectivity index (χ3v) is 8.32. The van der Waals surface area contributed by atoms with E-state index in [9.17, 15) is 13.2 Å². The highest BCUT2D eigenvalue weighted by molar-refractivity contribution is 7.93. The van der Waals surface area contributed by atoms with Crippen LogP contribution in [0.3, 0.4) is 0 Å². The quantitative estimate of drug-likeness (QED) is 0.406. The van der Waals surface area contributed by atoms with Crippen molar-refractivity contribution in [3.05, 3.63) is 101 Å². The van der Waals surface area contributed by atoms with Crippen molar-refractivity contribution in [1.82, 2.24) is 14.8 Å². The lowest BCUT2D eigenvalue weighted by atomic mass is 10.1. The van der Waals surface area contributed by atoms with Gasteiger partial charge in [0.05, 0.1) is 5.52 Å². The normalized spacial score (nSPS) is 14.6. The fourth-order valence-electron chi connectivity index (χ4n) is 4.64. The molecule has 190 valence electrons. The van der Waals surface area contributed by atoms with Gasteiger partial charge in [0.1, 0.15) is 4.90 Å². The Kier molecular flexibility index (Phi) is 6.95. The molecule has 4 aromatic rings. The largest absolute Gasteiger partial charge is 0.336 e. The van der Waals surface area contributed by atoms with E-state index in [4.69, 9.17) is 0 Å². The summed E-state index contributed by atoms with van der Waals surface area (Å²) >= 11 is 0. The molecule has 3 aromatic carbocycles. The number of hydrogen-bond acceptors (Lipinski definition) is 5. The molecule has 0 bridgehead atoms. The van der Waals surface area contributed by atoms with E-state index in [0.717, 1.165) is 25.0 Å². The Morgan fingerprint density at radius 3 is 2.35 bits per heavy atom. The fourth-order valence-corrected chi connectivity index (χ4v) is 5.87. The third kappa shape index (κ3) is 5.50. The maximum absolute atomic E-state index is 13.1. The van der Waals surface area contributed by atoms with Crippen LogP contribution in [-0.2, 0) is 16.6 Å². The lowest BCUT2D eigenvalue weighted by molar-refractivity contribution is 0.0628. The summed E-state index contributed by atoms with van der Waals surface area (Å²) in [5.74, 6) is -0.0431. The SMILES string of the molecule is Cc1ccc(CN2CCN(C(=O)c3ccc(NS(=O)(=O)c4cccc5cccnc45)cc3)CC2)cc1C. The number of fused-ring (bicyclic) bond motifs is 1. The number of benzene rings is 3. The number of carbonyl (C=O) groups excluding carboxylic acids is 1. The predicted molar refractivity (Wildman–Crippen MR) is 146 cm³/mol. The van der Waals surface area contributed by atoms with Gasteiger partial charge < -0.3 is 4.90 Å². The van der Waals surface area contributed by atoms with E-state index >= 15 is 0 Å². The Morgan fingerprint density at radius 2 is 1.62 bits per heavy atom. The van der Waals surface area contributed by atoms with Gasteiger partial charge in [-0.25, -0.2) is 8.42 Å². The van der Waals surface area contributed by atoms with Crippen LogP contribution in [0.25, 0.3) is 10.9 Å². The minimum Gasteiger partial charge on any atom is -0.336 e. The molecule has 1 N–H and O–H groups in total. The number of anilines is 1. The Balaban J connectivity index is 1.21. The molecule has 0 atom stereocenters. The number of aryl methyl sites for hydroxylation is 2. The van der Waals surface area contributed by atoms with E-state index in [0.29, 0.717) is 29.9 Å². The van der Waals surface area contributed by atoms with Crippen molar-refractivity contribution in [1.29, 1.82) is 0 Å². The maximum Gasteiger partial charge on any atom is 0.264 e. The number of rotatable bonds is 6. The molecule has 1 amide bonds. The molecule has 1 fully saturated rings. The van der Waals surface area contributed by atoms with Gasteiger partial charge in [-0.15, -0.1) is 0 Å². The van der Waals surface area contributed by atoms with Gasteiger partial charge in [0.2, 0.25) is 0 Å². The van der Waals surface area contributed by atoms with E-state index in [1.54, 1.807) is 42.6 Å². The van der Waals surface area contributed by atoms with Crippen molar-refractivity contribution in [2.24, 2.45) is 0 Å². The summed E-state index contributed by atoms with van der Waals surface area (Å²) in [6, 6.07) is 21.8. The molecule has 0 radical (unpaired) electrons. The molecule has 2 heterocycles. The van der Waals surface area contributed by atoms with Crippen LogP contribution in [0.15, 0.2) is 83.9 Å². The first-order valence-corrected chi connectivity index (χ1v) is 13.8. The summed E-state index contributed by atoms with van der Waals surface area (Å²) in [6.07, 6.45) is 1.57. The van der Waals surface area contributed by atoms with Crippen LogP contribution in [0.4, 0.5) is 5.69 Å². The Hall–Kier alpha value is -3.75. The van der Waals surface area contributed by atoms with E-state index in [1.807, 2.05) is 17.0 Å². The van der Waals surface area contributed by atoms with Gasteiger partial charge in [0, 0.05) is 55.6 Å². The molecule has 8 heteroatoms. The van der Waals surface area contributed by atoms with E-state index < -0.39 is 10.0 Å². The zero-order valence-corrected chi connectivity index (χ0v) is 21.8. The summed E-state index contributed by atoms with van der Waals surface area (Å²) in [7, 11) is -3.84. The van der Waals surface area contributed by atoms with E-state index in [2.05, 4.69) is 46.7 Å². The Bertz CT molecular complexity index is 1540. The number of carbonyl (C=O) groups is 1. The zero-order chi connectivity index (χ0) is 26.0. The number of para-hydroxylation sites is 1. The number of hydrogen-bond donors (Lipinski definition) is 1. The van der Waals surface area contributed by atoms with Crippen LogP contribution in [0.2, 0.25) is 0 Å². The van der Waals surface area contributed by atoms with Gasteiger partial charge in [0.15, 0.2) is 0 Å². The monoisotopic (exact) mass is 514 g/mol. The number of sulfonamides is 1. The summed E-state index contributed by atoms with van der Waals surface area (Å²) in [5, 5.41) is 0.750. The molecule has 0 spiro atoms. The van der Waals surface area contributed by atoms with Crippen molar-refractivity contribution in [3.8, 4) is 0 Å². The predicted octanol–water partition coefficient (Wildman–Crippen LogP) is 4.61. The lowest BCUT2D eigenvalue weighted by Gasteiger charge is -2.35. The minimum absolute atomic E-state index is 0.0431. The van der Waals surface area contributed by atoms with Crippen LogP contribution in [0.1, 0.15) is 27.0 Å². The second-order valence-corrected chi connectivity index (χ2v) is 11.2. The van der Waals surface area contributed by atoms with Crippen molar-refractivity contribution in [2.45, 2.75) is 25.3 Å². The number of aromatic nitrogens is 1. The number of piperazine rings is 1. The molecule has 0 aliphatic carbocycles. The lowest BCUT2D eigenvalue weighted by Crippen LogP contribution is -2.48. The average Bonchev–Trinajstić information content (AvgIpc) is 2.91. The highest BCUT2D eigenvalue weighted by Gasteiger charge is 2.23. The molecular weight excluding hydrogens is 484 g/mol. The molecule has 37 heavy (non-hydrogen) atoms. The first kappa shape index (κ1) is 24.9. The standard InChI is InChI=1S/C29H30N4O3S/c1-21-8-9-23(19-22(21)2)20-32-15-17-33(18-16-32)29(34)25-10-12-26(13-11-25)31-37(35,36)27-7-3-5-24-6-4-14-30-28(24)27/h3-14,19,31H,15-18,20H2,1-2H3. The van der Waals surface area contributed by atoms with Crippen LogP contribution in [-0.4, -0.2) is 55.3 Å². The van der Waals surface area contributed by atoms with Gasteiger partial charge >= 0.3 is 0 Å². The molecule has 1 aromatic heterocycles. The summed E-state index contributed by atoms with van der Waals surface area (Å²) < 4.78 is 28.7. The van der Waals surface area contributed by atoms with Crippen LogP contribution < -0.4 is 4.72 Å². The number of pyridine rings is 1. The first-order chi connectivity index (χ1) is 17.8. The third-order valence-electron chi connectivity index (χ3n) is 6.91. The van der Waals surface area contributed by atoms with Crippen LogP contribution in [0, 0.1) is 13.8 Å². The maximum atomic E-state index is 13.1. The first-order valence-electron chi connectivity index (χ1n) is 12.3. The highest BCUT2D eigenvalue weighted by atomic mass is 32.2. The smallest absolute Gasteiger partial charge is 0.264 e. The number of amides is 1. The summed E-state index contributed by atoms with van der Waals surface area (Å²) in [4.78, 5) is 21.7. The molecular formula is C29H30N4O3S. The van der Waals surface area contributed by atoms with Gasteiger partial charge in [-0.1, -0.05) is 36.4 Å². The van der Waals surface area contributed by atoms with E-state index in [1.165, 1.54) is 22.8 Å². The van der Waals surface area contributed by atoms with E-state index in [-0.39, 0.29) is 10.8 Å². The van der Waals surface area contributed by atoms with Gasteiger partial charge in [0.25, 0.3) is 15.9 Å². The number of nitrogens with zero attached hydrogens (tertiary/aromatic N) is 3. The molecule has 5 rings (SSSR count). The minimum atomic E-state index is -3.84. The Labute approximate surface area is 217 Å². The highest BCUT2D eigenvalue weighted by Crippen LogP contribution is 2.24. The second-order valence-electron chi connectivity index (χ2n) is 9.50. The van der Waals surface area contributed by atoms with Crippen molar-refractivity contribution < 1.29 is 13.2 Å². The molecule has 7 nitrogen and oxygen atoms in total. The van der Waals surface area contributed by atoms with Gasteiger partial charge in [-0.3, -0.25) is 19.4 Å². The number of nitrogens with one attached hydrogen (secondary N) is 1. The van der Waals surface area contributed by atoms with Crippen molar-refractivity contribution in [3.63, 3.8) is 0 Å².